The fourth-order valence-corrected chi connectivity index (χ4v) is 2.47. The summed E-state index contributed by atoms with van der Waals surface area (Å²) in [6.07, 6.45) is 4.60. The van der Waals surface area contributed by atoms with Gasteiger partial charge >= 0.3 is 5.97 Å². The largest absolute Gasteiger partial charge is 0.493 e. The predicted molar refractivity (Wildman–Crippen MR) is 69.8 cm³/mol. The molecule has 0 amide bonds. The molecule has 0 aromatic heterocycles. The first-order valence-corrected chi connectivity index (χ1v) is 6.70. The summed E-state index contributed by atoms with van der Waals surface area (Å²) in [6, 6.07) is 5.83. The molecule has 3 rings (SSSR count). The standard InChI is InChI=1S/C15H18O4/c1-18-13-8-10(15(6-7-15)9-14(16)17)2-5-12(13)19-11-3-4-11/h2,5,8,11H,3-4,6-7,9H2,1H3,(H,16,17). The van der Waals surface area contributed by atoms with Crippen LogP contribution in [0, 0.1) is 0 Å². The van der Waals surface area contributed by atoms with Gasteiger partial charge < -0.3 is 14.6 Å². The minimum atomic E-state index is -0.741. The van der Waals surface area contributed by atoms with E-state index in [1.165, 1.54) is 0 Å². The molecular formula is C15H18O4. The van der Waals surface area contributed by atoms with Gasteiger partial charge in [0.15, 0.2) is 11.5 Å². The summed E-state index contributed by atoms with van der Waals surface area (Å²) >= 11 is 0. The summed E-state index contributed by atoms with van der Waals surface area (Å²) in [5.41, 5.74) is 0.868. The highest BCUT2D eigenvalue weighted by molar-refractivity contribution is 5.70. The fourth-order valence-electron chi connectivity index (χ4n) is 2.47. The van der Waals surface area contributed by atoms with Crippen LogP contribution in [0.1, 0.15) is 37.7 Å². The number of benzene rings is 1. The minimum Gasteiger partial charge on any atom is -0.493 e. The van der Waals surface area contributed by atoms with E-state index < -0.39 is 5.97 Å². The lowest BCUT2D eigenvalue weighted by atomic mass is 9.92. The topological polar surface area (TPSA) is 55.8 Å². The third kappa shape index (κ3) is 2.53. The average molecular weight is 262 g/mol. The molecule has 0 bridgehead atoms. The molecule has 0 unspecified atom stereocenters. The van der Waals surface area contributed by atoms with E-state index >= 15 is 0 Å². The Hall–Kier alpha value is -1.71. The van der Waals surface area contributed by atoms with Gasteiger partial charge in [0.2, 0.25) is 0 Å². The Bertz CT molecular complexity index is 501. The SMILES string of the molecule is COc1cc(C2(CC(=O)O)CC2)ccc1OC1CC1. The molecule has 2 saturated carbocycles. The average Bonchev–Trinajstić information content (AvgIpc) is 3.26. The van der Waals surface area contributed by atoms with Crippen molar-refractivity contribution in [3.8, 4) is 11.5 Å². The second kappa shape index (κ2) is 4.44. The van der Waals surface area contributed by atoms with Crippen LogP contribution in [0.15, 0.2) is 18.2 Å². The third-order valence-electron chi connectivity index (χ3n) is 3.94. The number of rotatable bonds is 6. The molecule has 1 aromatic carbocycles. The molecule has 2 aliphatic rings. The molecule has 1 N–H and O–H groups in total. The molecule has 2 fully saturated rings. The van der Waals surface area contributed by atoms with Crippen LogP contribution in [0.5, 0.6) is 11.5 Å². The van der Waals surface area contributed by atoms with Crippen LogP contribution in [0.3, 0.4) is 0 Å². The van der Waals surface area contributed by atoms with Crippen molar-refractivity contribution in [2.24, 2.45) is 0 Å². The molecule has 19 heavy (non-hydrogen) atoms. The van der Waals surface area contributed by atoms with Crippen molar-refractivity contribution < 1.29 is 19.4 Å². The molecular weight excluding hydrogens is 244 g/mol. The van der Waals surface area contributed by atoms with Crippen LogP contribution in [0.4, 0.5) is 0 Å². The maximum atomic E-state index is 10.9. The molecule has 0 spiro atoms. The van der Waals surface area contributed by atoms with Crippen molar-refractivity contribution in [2.45, 2.75) is 43.6 Å². The first-order chi connectivity index (χ1) is 9.13. The quantitative estimate of drug-likeness (QED) is 0.856. The van der Waals surface area contributed by atoms with E-state index in [1.54, 1.807) is 7.11 Å². The second-order valence-electron chi connectivity index (χ2n) is 5.53. The Labute approximate surface area is 112 Å². The van der Waals surface area contributed by atoms with E-state index in [1.807, 2.05) is 18.2 Å². The van der Waals surface area contributed by atoms with Crippen molar-refractivity contribution >= 4 is 5.97 Å². The lowest BCUT2D eigenvalue weighted by Gasteiger charge is -2.16. The molecule has 102 valence electrons. The van der Waals surface area contributed by atoms with Gasteiger partial charge in [0.1, 0.15) is 0 Å². The summed E-state index contributed by atoms with van der Waals surface area (Å²) in [7, 11) is 1.62. The van der Waals surface area contributed by atoms with Crippen molar-refractivity contribution in [3.05, 3.63) is 23.8 Å². The molecule has 4 nitrogen and oxygen atoms in total. The van der Waals surface area contributed by atoms with Gasteiger partial charge in [-0.05, 0) is 43.4 Å². The Morgan fingerprint density at radius 2 is 2.11 bits per heavy atom. The van der Waals surface area contributed by atoms with E-state index in [2.05, 4.69) is 0 Å². The van der Waals surface area contributed by atoms with Crippen LogP contribution in [0.2, 0.25) is 0 Å². The summed E-state index contributed by atoms with van der Waals surface area (Å²) in [6.45, 7) is 0. The second-order valence-corrected chi connectivity index (χ2v) is 5.53. The van der Waals surface area contributed by atoms with E-state index in [0.29, 0.717) is 11.9 Å². The molecule has 4 heteroatoms. The summed E-state index contributed by atoms with van der Waals surface area (Å²) < 4.78 is 11.1. The molecule has 2 aliphatic carbocycles. The first kappa shape index (κ1) is 12.3. The van der Waals surface area contributed by atoms with Gasteiger partial charge in [0.05, 0.1) is 19.6 Å². The van der Waals surface area contributed by atoms with E-state index in [-0.39, 0.29) is 11.8 Å². The molecule has 0 atom stereocenters. The number of carboxylic acid groups (broad SMARTS) is 1. The van der Waals surface area contributed by atoms with Gasteiger partial charge in [-0.3, -0.25) is 4.79 Å². The van der Waals surface area contributed by atoms with Gasteiger partial charge in [0.25, 0.3) is 0 Å². The van der Waals surface area contributed by atoms with Gasteiger partial charge in [-0.15, -0.1) is 0 Å². The molecule has 1 aromatic rings. The van der Waals surface area contributed by atoms with Crippen LogP contribution < -0.4 is 9.47 Å². The van der Waals surface area contributed by atoms with E-state index in [4.69, 9.17) is 14.6 Å². The highest BCUT2D eigenvalue weighted by atomic mass is 16.5. The van der Waals surface area contributed by atoms with Crippen LogP contribution in [-0.2, 0) is 10.2 Å². The lowest BCUT2D eigenvalue weighted by molar-refractivity contribution is -0.137. The van der Waals surface area contributed by atoms with Gasteiger partial charge in [-0.2, -0.15) is 0 Å². The number of carbonyl (C=O) groups is 1. The highest BCUT2D eigenvalue weighted by Crippen LogP contribution is 2.52. The zero-order valence-corrected chi connectivity index (χ0v) is 11.0. The maximum Gasteiger partial charge on any atom is 0.304 e. The van der Waals surface area contributed by atoms with Gasteiger partial charge in [0, 0.05) is 5.41 Å². The molecule has 0 heterocycles. The zero-order chi connectivity index (χ0) is 13.5. The Morgan fingerprint density at radius 1 is 1.37 bits per heavy atom. The maximum absolute atomic E-state index is 10.9. The van der Waals surface area contributed by atoms with Crippen LogP contribution in [-0.4, -0.2) is 24.3 Å². The Kier molecular flexibility index (Phi) is 2.88. The van der Waals surface area contributed by atoms with Crippen molar-refractivity contribution in [1.29, 1.82) is 0 Å². The summed E-state index contributed by atoms with van der Waals surface area (Å²) in [4.78, 5) is 10.9. The molecule has 0 saturated heterocycles. The summed E-state index contributed by atoms with van der Waals surface area (Å²) in [5, 5.41) is 9.00. The van der Waals surface area contributed by atoms with Gasteiger partial charge in [-0.1, -0.05) is 6.07 Å². The molecule has 0 radical (unpaired) electrons. The van der Waals surface area contributed by atoms with Crippen molar-refractivity contribution in [2.75, 3.05) is 7.11 Å². The third-order valence-corrected chi connectivity index (χ3v) is 3.94. The lowest BCUT2D eigenvalue weighted by Crippen LogP contribution is -2.13. The molecule has 0 aliphatic heterocycles. The number of ether oxygens (including phenoxy) is 2. The fraction of sp³-hybridized carbons (Fsp3) is 0.533. The van der Waals surface area contributed by atoms with Crippen LogP contribution in [0.25, 0.3) is 0 Å². The highest BCUT2D eigenvalue weighted by Gasteiger charge is 2.46. The normalized spacial score (nSPS) is 19.8. The van der Waals surface area contributed by atoms with E-state index in [0.717, 1.165) is 37.0 Å². The predicted octanol–water partition coefficient (Wildman–Crippen LogP) is 2.74. The van der Waals surface area contributed by atoms with Crippen LogP contribution >= 0.6 is 0 Å². The Morgan fingerprint density at radius 3 is 2.63 bits per heavy atom. The minimum absolute atomic E-state index is 0.183. The van der Waals surface area contributed by atoms with Crippen molar-refractivity contribution in [1.82, 2.24) is 0 Å². The number of carboxylic acids is 1. The number of aliphatic carboxylic acids is 1. The number of hydrogen-bond acceptors (Lipinski definition) is 3. The monoisotopic (exact) mass is 262 g/mol. The zero-order valence-electron chi connectivity index (χ0n) is 11.0. The van der Waals surface area contributed by atoms with Crippen molar-refractivity contribution in [3.63, 3.8) is 0 Å². The smallest absolute Gasteiger partial charge is 0.304 e. The first-order valence-electron chi connectivity index (χ1n) is 6.70. The van der Waals surface area contributed by atoms with Gasteiger partial charge in [-0.25, -0.2) is 0 Å². The Balaban J connectivity index is 1.84. The summed E-state index contributed by atoms with van der Waals surface area (Å²) in [5.74, 6) is 0.732. The number of hydrogen-bond donors (Lipinski definition) is 1. The van der Waals surface area contributed by atoms with E-state index in [9.17, 15) is 4.79 Å². The number of methoxy groups -OCH3 is 1.